The Hall–Kier alpha value is -3.51. The summed E-state index contributed by atoms with van der Waals surface area (Å²) in [4.78, 5) is 18.5. The summed E-state index contributed by atoms with van der Waals surface area (Å²) in [6.45, 7) is 0.422. The van der Waals surface area contributed by atoms with Crippen LogP contribution in [0.4, 0.5) is 23.2 Å². The highest BCUT2D eigenvalue weighted by Crippen LogP contribution is 2.38. The van der Waals surface area contributed by atoms with E-state index in [4.69, 9.17) is 9.47 Å². The van der Waals surface area contributed by atoms with Crippen molar-refractivity contribution in [2.45, 2.75) is 30.0 Å². The van der Waals surface area contributed by atoms with E-state index in [1.165, 1.54) is 36.5 Å². The zero-order valence-electron chi connectivity index (χ0n) is 20.5. The highest BCUT2D eigenvalue weighted by Gasteiger charge is 2.34. The fourth-order valence-electron chi connectivity index (χ4n) is 4.26. The zero-order chi connectivity index (χ0) is 27.7. The Morgan fingerprint density at radius 2 is 1.92 bits per heavy atom. The molecule has 4 rings (SSSR count). The normalized spacial score (nSPS) is 15.9. The lowest BCUT2D eigenvalue weighted by atomic mass is 10.0. The molecule has 1 aliphatic heterocycles. The standard InChI is InChI=1S/C26H24F4N2O5S/c1-36-24-13-18(27)5-6-22(24)21-7-8-31-14-23(21)32(15-19-4-3-9-37-19)25(33)16-10-17(26(28,29)30)12-20(11-16)38(2,34)35/h5-8,10-14,19H,3-4,9,15H2,1-2H3/t19-/m0/s1. The lowest BCUT2D eigenvalue weighted by Crippen LogP contribution is -2.38. The summed E-state index contributed by atoms with van der Waals surface area (Å²) in [7, 11) is -2.73. The summed E-state index contributed by atoms with van der Waals surface area (Å²) < 4.78 is 90.2. The molecule has 202 valence electrons. The molecule has 1 amide bonds. The minimum absolute atomic E-state index is 0.0362. The molecule has 1 saturated heterocycles. The largest absolute Gasteiger partial charge is 0.496 e. The molecular weight excluding hydrogens is 528 g/mol. The molecule has 1 aliphatic rings. The van der Waals surface area contributed by atoms with Gasteiger partial charge in [-0.05, 0) is 49.2 Å². The maximum atomic E-state index is 13.9. The Bertz CT molecular complexity index is 1450. The van der Waals surface area contributed by atoms with E-state index < -0.39 is 49.9 Å². The van der Waals surface area contributed by atoms with Crippen molar-refractivity contribution in [3.8, 4) is 16.9 Å². The minimum Gasteiger partial charge on any atom is -0.496 e. The number of amides is 1. The van der Waals surface area contributed by atoms with Gasteiger partial charge in [-0.1, -0.05) is 0 Å². The predicted octanol–water partition coefficient (Wildman–Crippen LogP) is 5.14. The molecule has 0 spiro atoms. The first-order valence-electron chi connectivity index (χ1n) is 11.5. The molecule has 1 aromatic heterocycles. The molecule has 38 heavy (non-hydrogen) atoms. The van der Waals surface area contributed by atoms with E-state index in [1.54, 1.807) is 6.07 Å². The molecule has 0 saturated carbocycles. The van der Waals surface area contributed by atoms with Crippen LogP contribution in [-0.4, -0.2) is 51.9 Å². The first kappa shape index (κ1) is 27.5. The summed E-state index contributed by atoms with van der Waals surface area (Å²) in [5, 5.41) is 0. The lowest BCUT2D eigenvalue weighted by Gasteiger charge is -2.28. The molecule has 0 bridgehead atoms. The summed E-state index contributed by atoms with van der Waals surface area (Å²) >= 11 is 0. The fourth-order valence-corrected chi connectivity index (χ4v) is 4.94. The number of nitrogens with zero attached hydrogens (tertiary/aromatic N) is 2. The average molecular weight is 553 g/mol. The maximum absolute atomic E-state index is 13.9. The zero-order valence-corrected chi connectivity index (χ0v) is 21.3. The van der Waals surface area contributed by atoms with Crippen LogP contribution < -0.4 is 9.64 Å². The summed E-state index contributed by atoms with van der Waals surface area (Å²) in [5.74, 6) is -1.27. The third-order valence-corrected chi connectivity index (χ3v) is 7.20. The van der Waals surface area contributed by atoms with Gasteiger partial charge in [0.1, 0.15) is 11.6 Å². The lowest BCUT2D eigenvalue weighted by molar-refractivity contribution is -0.137. The number of halogens is 4. The van der Waals surface area contributed by atoms with Gasteiger partial charge in [-0.3, -0.25) is 9.78 Å². The van der Waals surface area contributed by atoms with Crippen LogP contribution in [0.5, 0.6) is 5.75 Å². The summed E-state index contributed by atoms with van der Waals surface area (Å²) in [6.07, 6.45) is -0.395. The van der Waals surface area contributed by atoms with Crippen molar-refractivity contribution in [2.24, 2.45) is 0 Å². The number of alkyl halides is 3. The smallest absolute Gasteiger partial charge is 0.416 e. The highest BCUT2D eigenvalue weighted by molar-refractivity contribution is 7.90. The van der Waals surface area contributed by atoms with E-state index in [2.05, 4.69) is 4.98 Å². The molecule has 2 aromatic carbocycles. The maximum Gasteiger partial charge on any atom is 0.416 e. The SMILES string of the molecule is COc1cc(F)ccc1-c1ccncc1N(C[C@@H]1CCCO1)C(=O)c1cc(C(F)(F)F)cc(S(C)(=O)=O)c1. The molecule has 12 heteroatoms. The number of methoxy groups -OCH3 is 1. The molecule has 0 radical (unpaired) electrons. The summed E-state index contributed by atoms with van der Waals surface area (Å²) in [5.41, 5.74) is -0.724. The van der Waals surface area contributed by atoms with E-state index in [9.17, 15) is 30.8 Å². The molecule has 3 aromatic rings. The van der Waals surface area contributed by atoms with Crippen LogP contribution in [0.2, 0.25) is 0 Å². The Balaban J connectivity index is 1.89. The van der Waals surface area contributed by atoms with Crippen LogP contribution in [0.15, 0.2) is 59.8 Å². The van der Waals surface area contributed by atoms with Crippen molar-refractivity contribution >= 4 is 21.4 Å². The van der Waals surface area contributed by atoms with Crippen LogP contribution in [0, 0.1) is 5.82 Å². The van der Waals surface area contributed by atoms with Gasteiger partial charge in [-0.25, -0.2) is 12.8 Å². The second kappa shape index (κ2) is 10.7. The van der Waals surface area contributed by atoms with Gasteiger partial charge < -0.3 is 14.4 Å². The number of hydrogen-bond donors (Lipinski definition) is 0. The number of carbonyl (C=O) groups is 1. The number of aromatic nitrogens is 1. The number of carbonyl (C=O) groups excluding carboxylic acids is 1. The highest BCUT2D eigenvalue weighted by atomic mass is 32.2. The number of pyridine rings is 1. The Morgan fingerprint density at radius 1 is 1.16 bits per heavy atom. The van der Waals surface area contributed by atoms with Gasteiger partial charge in [0.15, 0.2) is 9.84 Å². The van der Waals surface area contributed by atoms with E-state index in [0.717, 1.165) is 24.8 Å². The third kappa shape index (κ3) is 5.97. The number of anilines is 1. The molecule has 0 N–H and O–H groups in total. The molecule has 7 nitrogen and oxygen atoms in total. The first-order valence-corrected chi connectivity index (χ1v) is 13.4. The number of sulfone groups is 1. The van der Waals surface area contributed by atoms with Crippen molar-refractivity contribution < 1.29 is 40.2 Å². The molecule has 1 fully saturated rings. The number of rotatable bonds is 7. The Morgan fingerprint density at radius 3 is 2.55 bits per heavy atom. The Labute approximate surface area is 216 Å². The molecule has 0 unspecified atom stereocenters. The number of hydrogen-bond acceptors (Lipinski definition) is 6. The van der Waals surface area contributed by atoms with Crippen LogP contribution in [-0.2, 0) is 20.8 Å². The summed E-state index contributed by atoms with van der Waals surface area (Å²) in [6, 6.07) is 7.42. The second-order valence-corrected chi connectivity index (χ2v) is 10.8. The van der Waals surface area contributed by atoms with Crippen LogP contribution in [0.1, 0.15) is 28.8 Å². The van der Waals surface area contributed by atoms with Gasteiger partial charge >= 0.3 is 6.18 Å². The quantitative estimate of drug-likeness (QED) is 0.377. The van der Waals surface area contributed by atoms with Gasteiger partial charge in [0, 0.05) is 41.8 Å². The van der Waals surface area contributed by atoms with Gasteiger partial charge in [0.2, 0.25) is 0 Å². The van der Waals surface area contributed by atoms with Gasteiger partial charge in [0.25, 0.3) is 5.91 Å². The van der Waals surface area contributed by atoms with Crippen molar-refractivity contribution in [3.05, 3.63) is 71.8 Å². The average Bonchev–Trinajstić information content (AvgIpc) is 3.39. The molecule has 2 heterocycles. The van der Waals surface area contributed by atoms with Crippen molar-refractivity contribution in [2.75, 3.05) is 31.4 Å². The molecule has 1 atom stereocenters. The minimum atomic E-state index is -4.89. The first-order chi connectivity index (χ1) is 17.9. The fraction of sp³-hybridized carbons (Fsp3) is 0.308. The molecule has 0 aliphatic carbocycles. The van der Waals surface area contributed by atoms with Crippen molar-refractivity contribution in [1.29, 1.82) is 0 Å². The molecular formula is C26H24F4N2O5S. The van der Waals surface area contributed by atoms with E-state index in [1.807, 2.05) is 0 Å². The number of benzene rings is 2. The van der Waals surface area contributed by atoms with Crippen molar-refractivity contribution in [1.82, 2.24) is 4.98 Å². The van der Waals surface area contributed by atoms with Crippen LogP contribution >= 0.6 is 0 Å². The topological polar surface area (TPSA) is 85.8 Å². The number of ether oxygens (including phenoxy) is 2. The second-order valence-electron chi connectivity index (χ2n) is 8.80. The van der Waals surface area contributed by atoms with Gasteiger partial charge in [-0.2, -0.15) is 13.2 Å². The predicted molar refractivity (Wildman–Crippen MR) is 131 cm³/mol. The van der Waals surface area contributed by atoms with Crippen LogP contribution in [0.3, 0.4) is 0 Å². The van der Waals surface area contributed by atoms with E-state index >= 15 is 0 Å². The third-order valence-electron chi connectivity index (χ3n) is 6.11. The monoisotopic (exact) mass is 552 g/mol. The Kier molecular flexibility index (Phi) is 7.75. The van der Waals surface area contributed by atoms with E-state index in [-0.39, 0.29) is 18.0 Å². The van der Waals surface area contributed by atoms with Crippen molar-refractivity contribution in [3.63, 3.8) is 0 Å². The van der Waals surface area contributed by atoms with E-state index in [0.29, 0.717) is 36.3 Å². The van der Waals surface area contributed by atoms with Gasteiger partial charge in [0.05, 0.1) is 42.1 Å². The van der Waals surface area contributed by atoms with Gasteiger partial charge in [-0.15, -0.1) is 0 Å². The van der Waals surface area contributed by atoms with Crippen LogP contribution in [0.25, 0.3) is 11.1 Å².